The summed E-state index contributed by atoms with van der Waals surface area (Å²) in [6.45, 7) is 1.08. The molecule has 0 heterocycles. The lowest BCUT2D eigenvalue weighted by Gasteiger charge is -2.12. The number of amides is 1. The van der Waals surface area contributed by atoms with E-state index >= 15 is 0 Å². The van der Waals surface area contributed by atoms with Crippen molar-refractivity contribution in [3.8, 4) is 5.75 Å². The van der Waals surface area contributed by atoms with Crippen LogP contribution in [0.25, 0.3) is 10.8 Å². The van der Waals surface area contributed by atoms with Gasteiger partial charge in [0.1, 0.15) is 5.75 Å². The Morgan fingerprint density at radius 3 is 2.52 bits per heavy atom. The fourth-order valence-electron chi connectivity index (χ4n) is 1.79. The topological polar surface area (TPSA) is 78.6 Å². The summed E-state index contributed by atoms with van der Waals surface area (Å²) in [5, 5.41) is 2.22. The van der Waals surface area contributed by atoms with E-state index in [-0.39, 0.29) is 6.61 Å². The van der Waals surface area contributed by atoms with Crippen LogP contribution in [-0.4, -0.2) is 24.6 Å². The number of primary amides is 1. The Bertz CT molecular complexity index is 686. The number of halogens is 1. The lowest BCUT2D eigenvalue weighted by molar-refractivity contribution is -0.155. The molecular formula is C15H14ClNO4. The number of hydrogen-bond acceptors (Lipinski definition) is 4. The van der Waals surface area contributed by atoms with Crippen molar-refractivity contribution in [1.29, 1.82) is 0 Å². The summed E-state index contributed by atoms with van der Waals surface area (Å²) in [5.74, 6) is -0.862. The molecule has 1 atom stereocenters. The minimum absolute atomic E-state index is 0.316. The van der Waals surface area contributed by atoms with Crippen LogP contribution in [0.3, 0.4) is 0 Å². The summed E-state index contributed by atoms with van der Waals surface area (Å²) in [6.07, 6.45) is -0.983. The van der Waals surface area contributed by atoms with Crippen LogP contribution in [-0.2, 0) is 14.3 Å². The van der Waals surface area contributed by atoms with Gasteiger partial charge in [0.15, 0.2) is 12.7 Å². The maximum absolute atomic E-state index is 11.6. The molecule has 2 aromatic carbocycles. The molecule has 5 nitrogen and oxygen atoms in total. The van der Waals surface area contributed by atoms with Crippen molar-refractivity contribution in [2.45, 2.75) is 13.0 Å². The lowest BCUT2D eigenvalue weighted by atomic mass is 10.1. The summed E-state index contributed by atoms with van der Waals surface area (Å²) < 4.78 is 10.2. The second-order valence-electron chi connectivity index (χ2n) is 4.41. The summed E-state index contributed by atoms with van der Waals surface area (Å²) in [4.78, 5) is 22.4. The first-order valence-electron chi connectivity index (χ1n) is 6.28. The maximum Gasteiger partial charge on any atom is 0.344 e. The van der Waals surface area contributed by atoms with Gasteiger partial charge in [-0.15, -0.1) is 0 Å². The van der Waals surface area contributed by atoms with Gasteiger partial charge in [-0.1, -0.05) is 35.9 Å². The van der Waals surface area contributed by atoms with Crippen LogP contribution in [0, 0.1) is 0 Å². The molecule has 2 aromatic rings. The summed E-state index contributed by atoms with van der Waals surface area (Å²) in [7, 11) is 0. The van der Waals surface area contributed by atoms with Gasteiger partial charge >= 0.3 is 5.97 Å². The first-order chi connectivity index (χ1) is 9.99. The van der Waals surface area contributed by atoms with E-state index in [9.17, 15) is 9.59 Å². The molecule has 110 valence electrons. The van der Waals surface area contributed by atoms with E-state index in [1.54, 1.807) is 12.1 Å². The molecule has 0 spiro atoms. The van der Waals surface area contributed by atoms with Crippen molar-refractivity contribution in [1.82, 2.24) is 0 Å². The maximum atomic E-state index is 11.6. The highest BCUT2D eigenvalue weighted by atomic mass is 35.5. The molecule has 6 heteroatoms. The van der Waals surface area contributed by atoms with E-state index in [2.05, 4.69) is 0 Å². The molecule has 0 unspecified atom stereocenters. The quantitative estimate of drug-likeness (QED) is 0.860. The Labute approximate surface area is 126 Å². The monoisotopic (exact) mass is 307 g/mol. The van der Waals surface area contributed by atoms with Crippen LogP contribution in [0.1, 0.15) is 6.92 Å². The molecule has 0 aliphatic carbocycles. The summed E-state index contributed by atoms with van der Waals surface area (Å²) >= 11 is 6.10. The number of fused-ring (bicyclic) bond motifs is 1. The number of carbonyl (C=O) groups excluding carboxylic acids is 2. The number of benzene rings is 2. The zero-order valence-electron chi connectivity index (χ0n) is 11.3. The standard InChI is InChI=1S/C15H14ClNO4/c1-9(15(17)19)21-14(18)8-20-13-7-6-12(16)10-4-2-3-5-11(10)13/h2-7,9H,8H2,1H3,(H2,17,19)/t9-/m1/s1. The molecule has 21 heavy (non-hydrogen) atoms. The average molecular weight is 308 g/mol. The Hall–Kier alpha value is -2.27. The van der Waals surface area contributed by atoms with Crippen molar-refractivity contribution < 1.29 is 19.1 Å². The second-order valence-corrected chi connectivity index (χ2v) is 4.82. The Kier molecular flexibility index (Phi) is 4.65. The van der Waals surface area contributed by atoms with Gasteiger partial charge in [-0.25, -0.2) is 4.79 Å². The number of nitrogens with two attached hydrogens (primary N) is 1. The molecule has 1 amide bonds. The van der Waals surface area contributed by atoms with E-state index in [1.807, 2.05) is 24.3 Å². The van der Waals surface area contributed by atoms with E-state index in [0.717, 1.165) is 10.8 Å². The highest BCUT2D eigenvalue weighted by Crippen LogP contribution is 2.31. The predicted octanol–water partition coefficient (Wildman–Crippen LogP) is 2.29. The Morgan fingerprint density at radius 2 is 1.86 bits per heavy atom. The SMILES string of the molecule is C[C@@H](OC(=O)COc1ccc(Cl)c2ccccc12)C(N)=O. The molecule has 0 radical (unpaired) electrons. The molecular weight excluding hydrogens is 294 g/mol. The third-order valence-corrected chi connectivity index (χ3v) is 3.21. The minimum Gasteiger partial charge on any atom is -0.481 e. The number of ether oxygens (including phenoxy) is 2. The Morgan fingerprint density at radius 1 is 1.19 bits per heavy atom. The normalized spacial score (nSPS) is 11.9. The van der Waals surface area contributed by atoms with Crippen molar-refractivity contribution in [2.24, 2.45) is 5.73 Å². The molecule has 2 rings (SSSR count). The van der Waals surface area contributed by atoms with Crippen LogP contribution in [0.5, 0.6) is 5.75 Å². The fraction of sp³-hybridized carbons (Fsp3) is 0.200. The van der Waals surface area contributed by atoms with Gasteiger partial charge < -0.3 is 15.2 Å². The van der Waals surface area contributed by atoms with E-state index < -0.39 is 18.0 Å². The number of rotatable bonds is 5. The summed E-state index contributed by atoms with van der Waals surface area (Å²) in [5.41, 5.74) is 5.01. The average Bonchev–Trinajstić information content (AvgIpc) is 2.46. The second kappa shape index (κ2) is 6.45. The first kappa shape index (κ1) is 15.1. The molecule has 2 N–H and O–H groups in total. The van der Waals surface area contributed by atoms with Crippen molar-refractivity contribution in [3.63, 3.8) is 0 Å². The van der Waals surface area contributed by atoms with Crippen molar-refractivity contribution >= 4 is 34.2 Å². The van der Waals surface area contributed by atoms with Crippen LogP contribution < -0.4 is 10.5 Å². The van der Waals surface area contributed by atoms with Crippen LogP contribution in [0.15, 0.2) is 36.4 Å². The van der Waals surface area contributed by atoms with Crippen molar-refractivity contribution in [2.75, 3.05) is 6.61 Å². The number of carbonyl (C=O) groups is 2. The molecule has 0 saturated carbocycles. The van der Waals surface area contributed by atoms with Gasteiger partial charge in [0.05, 0.1) is 0 Å². The molecule has 0 aliphatic heterocycles. The fourth-order valence-corrected chi connectivity index (χ4v) is 2.01. The zero-order valence-corrected chi connectivity index (χ0v) is 12.1. The van der Waals surface area contributed by atoms with Gasteiger partial charge in [0.2, 0.25) is 0 Å². The van der Waals surface area contributed by atoms with Gasteiger partial charge in [-0.05, 0) is 19.1 Å². The lowest BCUT2D eigenvalue weighted by Crippen LogP contribution is -2.32. The van der Waals surface area contributed by atoms with Gasteiger partial charge in [0.25, 0.3) is 5.91 Å². The molecule has 0 aromatic heterocycles. The predicted molar refractivity (Wildman–Crippen MR) is 79.2 cm³/mol. The zero-order chi connectivity index (χ0) is 15.4. The van der Waals surface area contributed by atoms with E-state index in [4.69, 9.17) is 26.8 Å². The van der Waals surface area contributed by atoms with Gasteiger partial charge in [0, 0.05) is 15.8 Å². The smallest absolute Gasteiger partial charge is 0.344 e. The number of esters is 1. The summed E-state index contributed by atoms with van der Waals surface area (Å²) in [6, 6.07) is 10.8. The van der Waals surface area contributed by atoms with Crippen molar-refractivity contribution in [3.05, 3.63) is 41.4 Å². The molecule has 0 fully saturated rings. The van der Waals surface area contributed by atoms with Crippen LogP contribution in [0.2, 0.25) is 5.02 Å². The van der Waals surface area contributed by atoms with E-state index in [0.29, 0.717) is 10.8 Å². The third-order valence-electron chi connectivity index (χ3n) is 2.89. The van der Waals surface area contributed by atoms with Gasteiger partial charge in [-0.2, -0.15) is 0 Å². The largest absolute Gasteiger partial charge is 0.481 e. The van der Waals surface area contributed by atoms with Crippen LogP contribution >= 0.6 is 11.6 Å². The highest BCUT2D eigenvalue weighted by Gasteiger charge is 2.15. The highest BCUT2D eigenvalue weighted by molar-refractivity contribution is 6.35. The third kappa shape index (κ3) is 3.64. The van der Waals surface area contributed by atoms with E-state index in [1.165, 1.54) is 6.92 Å². The molecule has 0 saturated heterocycles. The first-order valence-corrected chi connectivity index (χ1v) is 6.65. The molecule has 0 bridgehead atoms. The number of hydrogen-bond donors (Lipinski definition) is 1. The van der Waals surface area contributed by atoms with Crippen LogP contribution in [0.4, 0.5) is 0 Å². The Balaban J connectivity index is 2.09. The van der Waals surface area contributed by atoms with Gasteiger partial charge in [-0.3, -0.25) is 4.79 Å². The minimum atomic E-state index is -0.983. The molecule has 0 aliphatic rings.